The first-order valence-corrected chi connectivity index (χ1v) is 6.87. The SMILES string of the molecule is CCc1nc(Cc2ccc(OC)cc2)nc(N)c1Br. The number of nitrogens with two attached hydrogens (primary N) is 1. The molecular formula is C14H16BrN3O. The zero-order chi connectivity index (χ0) is 13.8. The fourth-order valence-corrected chi connectivity index (χ4v) is 2.26. The van der Waals surface area contributed by atoms with Gasteiger partial charge in [-0.05, 0) is 40.0 Å². The normalized spacial score (nSPS) is 10.5. The first-order chi connectivity index (χ1) is 9.13. The molecule has 0 aliphatic rings. The van der Waals surface area contributed by atoms with Crippen molar-refractivity contribution < 1.29 is 4.74 Å². The summed E-state index contributed by atoms with van der Waals surface area (Å²) in [6.07, 6.45) is 1.48. The van der Waals surface area contributed by atoms with E-state index < -0.39 is 0 Å². The fraction of sp³-hybridized carbons (Fsp3) is 0.286. The molecule has 0 amide bonds. The highest BCUT2D eigenvalue weighted by Crippen LogP contribution is 2.22. The van der Waals surface area contributed by atoms with Gasteiger partial charge in [-0.2, -0.15) is 0 Å². The summed E-state index contributed by atoms with van der Waals surface area (Å²) in [5.74, 6) is 2.08. The van der Waals surface area contributed by atoms with Gasteiger partial charge in [-0.25, -0.2) is 9.97 Å². The summed E-state index contributed by atoms with van der Waals surface area (Å²) < 4.78 is 5.93. The lowest BCUT2D eigenvalue weighted by atomic mass is 10.1. The van der Waals surface area contributed by atoms with Crippen molar-refractivity contribution in [3.8, 4) is 5.75 Å². The van der Waals surface area contributed by atoms with E-state index in [4.69, 9.17) is 10.5 Å². The highest BCUT2D eigenvalue weighted by Gasteiger charge is 2.09. The van der Waals surface area contributed by atoms with Gasteiger partial charge in [-0.3, -0.25) is 0 Å². The van der Waals surface area contributed by atoms with Crippen LogP contribution < -0.4 is 10.5 Å². The summed E-state index contributed by atoms with van der Waals surface area (Å²) in [5.41, 5.74) is 7.95. The molecular weight excluding hydrogens is 306 g/mol. The Labute approximate surface area is 121 Å². The topological polar surface area (TPSA) is 61.0 Å². The van der Waals surface area contributed by atoms with E-state index in [1.807, 2.05) is 31.2 Å². The summed E-state index contributed by atoms with van der Waals surface area (Å²) in [4.78, 5) is 8.83. The third-order valence-corrected chi connectivity index (χ3v) is 3.71. The third-order valence-electron chi connectivity index (χ3n) is 2.85. The zero-order valence-corrected chi connectivity index (χ0v) is 12.6. The Morgan fingerprint density at radius 2 is 1.89 bits per heavy atom. The second-order valence-corrected chi connectivity index (χ2v) is 4.96. The van der Waals surface area contributed by atoms with Crippen LogP contribution in [0.1, 0.15) is 24.0 Å². The van der Waals surface area contributed by atoms with E-state index in [-0.39, 0.29) is 0 Å². The van der Waals surface area contributed by atoms with Gasteiger partial charge in [0.1, 0.15) is 17.4 Å². The zero-order valence-electron chi connectivity index (χ0n) is 11.0. The van der Waals surface area contributed by atoms with E-state index in [9.17, 15) is 0 Å². The Balaban J connectivity index is 2.25. The first kappa shape index (κ1) is 13.8. The van der Waals surface area contributed by atoms with E-state index in [1.165, 1.54) is 0 Å². The average molecular weight is 322 g/mol. The molecule has 0 aliphatic carbocycles. The number of anilines is 1. The molecule has 5 heteroatoms. The van der Waals surface area contributed by atoms with Gasteiger partial charge in [0.15, 0.2) is 0 Å². The Hall–Kier alpha value is -1.62. The minimum absolute atomic E-state index is 0.496. The largest absolute Gasteiger partial charge is 0.497 e. The van der Waals surface area contributed by atoms with E-state index in [0.717, 1.165) is 33.7 Å². The maximum absolute atomic E-state index is 5.88. The lowest BCUT2D eigenvalue weighted by molar-refractivity contribution is 0.414. The van der Waals surface area contributed by atoms with Crippen LogP contribution in [0.2, 0.25) is 0 Å². The number of methoxy groups -OCH3 is 1. The number of ether oxygens (including phenoxy) is 1. The molecule has 0 atom stereocenters. The van der Waals surface area contributed by atoms with E-state index in [2.05, 4.69) is 25.9 Å². The van der Waals surface area contributed by atoms with E-state index in [1.54, 1.807) is 7.11 Å². The Bertz CT molecular complexity index is 570. The second kappa shape index (κ2) is 6.02. The smallest absolute Gasteiger partial charge is 0.141 e. The number of aryl methyl sites for hydroxylation is 1. The first-order valence-electron chi connectivity index (χ1n) is 6.07. The number of halogens is 1. The highest BCUT2D eigenvalue weighted by atomic mass is 79.9. The molecule has 2 aromatic rings. The molecule has 0 aliphatic heterocycles. The molecule has 1 aromatic heterocycles. The average Bonchev–Trinajstić information content (AvgIpc) is 2.43. The Kier molecular flexibility index (Phi) is 4.37. The van der Waals surface area contributed by atoms with Crippen molar-refractivity contribution in [1.82, 2.24) is 9.97 Å². The number of benzene rings is 1. The van der Waals surface area contributed by atoms with Crippen molar-refractivity contribution in [2.75, 3.05) is 12.8 Å². The molecule has 0 radical (unpaired) electrons. The van der Waals surface area contributed by atoms with Crippen molar-refractivity contribution in [2.24, 2.45) is 0 Å². The minimum atomic E-state index is 0.496. The van der Waals surface area contributed by atoms with Gasteiger partial charge in [-0.15, -0.1) is 0 Å². The van der Waals surface area contributed by atoms with Gasteiger partial charge in [0.2, 0.25) is 0 Å². The van der Waals surface area contributed by atoms with Gasteiger partial charge in [0.25, 0.3) is 0 Å². The Morgan fingerprint density at radius 3 is 2.47 bits per heavy atom. The lowest BCUT2D eigenvalue weighted by Crippen LogP contribution is -2.05. The van der Waals surface area contributed by atoms with Crippen LogP contribution in [0.25, 0.3) is 0 Å². The van der Waals surface area contributed by atoms with Crippen LogP contribution in [0, 0.1) is 0 Å². The number of aromatic nitrogens is 2. The molecule has 2 rings (SSSR count). The summed E-state index contributed by atoms with van der Waals surface area (Å²) in [5, 5.41) is 0. The number of hydrogen-bond donors (Lipinski definition) is 1. The van der Waals surface area contributed by atoms with Gasteiger partial charge in [0, 0.05) is 6.42 Å². The second-order valence-electron chi connectivity index (χ2n) is 4.16. The highest BCUT2D eigenvalue weighted by molar-refractivity contribution is 9.10. The maximum Gasteiger partial charge on any atom is 0.141 e. The van der Waals surface area contributed by atoms with Crippen LogP contribution in [0.4, 0.5) is 5.82 Å². The van der Waals surface area contributed by atoms with Crippen molar-refractivity contribution in [3.63, 3.8) is 0 Å². The predicted octanol–water partition coefficient (Wildman–Crippen LogP) is 2.98. The number of rotatable bonds is 4. The fourth-order valence-electron chi connectivity index (χ4n) is 1.81. The van der Waals surface area contributed by atoms with Gasteiger partial charge in [-0.1, -0.05) is 19.1 Å². The summed E-state index contributed by atoms with van der Waals surface area (Å²) >= 11 is 3.41. The Morgan fingerprint density at radius 1 is 1.21 bits per heavy atom. The summed E-state index contributed by atoms with van der Waals surface area (Å²) in [6, 6.07) is 7.87. The quantitative estimate of drug-likeness (QED) is 0.940. The van der Waals surface area contributed by atoms with Crippen LogP contribution in [0.5, 0.6) is 5.75 Å². The van der Waals surface area contributed by atoms with Crippen molar-refractivity contribution in [3.05, 3.63) is 45.8 Å². The van der Waals surface area contributed by atoms with Gasteiger partial charge >= 0.3 is 0 Å². The van der Waals surface area contributed by atoms with Crippen LogP contribution in [-0.2, 0) is 12.8 Å². The molecule has 0 unspecified atom stereocenters. The molecule has 100 valence electrons. The standard InChI is InChI=1S/C14H16BrN3O/c1-3-11-13(15)14(16)18-12(17-11)8-9-4-6-10(19-2)7-5-9/h4-7H,3,8H2,1-2H3,(H2,16,17,18). The van der Waals surface area contributed by atoms with Crippen LogP contribution in [-0.4, -0.2) is 17.1 Å². The molecule has 4 nitrogen and oxygen atoms in total. The molecule has 0 saturated heterocycles. The monoisotopic (exact) mass is 321 g/mol. The molecule has 0 fully saturated rings. The van der Waals surface area contributed by atoms with Gasteiger partial charge in [0.05, 0.1) is 17.3 Å². The number of nitrogen functional groups attached to an aromatic ring is 1. The van der Waals surface area contributed by atoms with Crippen molar-refractivity contribution in [1.29, 1.82) is 0 Å². The van der Waals surface area contributed by atoms with Crippen LogP contribution in [0.3, 0.4) is 0 Å². The van der Waals surface area contributed by atoms with Gasteiger partial charge < -0.3 is 10.5 Å². The number of hydrogen-bond acceptors (Lipinski definition) is 4. The summed E-state index contributed by atoms with van der Waals surface area (Å²) in [7, 11) is 1.65. The molecule has 0 spiro atoms. The molecule has 0 bridgehead atoms. The summed E-state index contributed by atoms with van der Waals surface area (Å²) in [6.45, 7) is 2.05. The third kappa shape index (κ3) is 3.23. The lowest BCUT2D eigenvalue weighted by Gasteiger charge is -2.08. The predicted molar refractivity (Wildman–Crippen MR) is 79.3 cm³/mol. The molecule has 19 heavy (non-hydrogen) atoms. The van der Waals surface area contributed by atoms with Crippen LogP contribution >= 0.6 is 15.9 Å². The number of nitrogens with zero attached hydrogens (tertiary/aromatic N) is 2. The molecule has 1 aromatic carbocycles. The molecule has 0 saturated carbocycles. The maximum atomic E-state index is 5.88. The van der Waals surface area contributed by atoms with E-state index in [0.29, 0.717) is 12.2 Å². The van der Waals surface area contributed by atoms with Crippen molar-refractivity contribution >= 4 is 21.7 Å². The minimum Gasteiger partial charge on any atom is -0.497 e. The van der Waals surface area contributed by atoms with Crippen molar-refractivity contribution in [2.45, 2.75) is 19.8 Å². The van der Waals surface area contributed by atoms with Crippen LogP contribution in [0.15, 0.2) is 28.7 Å². The van der Waals surface area contributed by atoms with E-state index >= 15 is 0 Å². The molecule has 2 N–H and O–H groups in total. The molecule has 1 heterocycles.